The maximum Gasteiger partial charge on any atom is 0.0689 e. The lowest BCUT2D eigenvalue weighted by Crippen LogP contribution is -2.32. The molecular weight excluding hydrogens is 198 g/mol. The van der Waals surface area contributed by atoms with E-state index in [-0.39, 0.29) is 6.10 Å². The topological polar surface area (TPSA) is 23.5 Å². The summed E-state index contributed by atoms with van der Waals surface area (Å²) in [5, 5.41) is 9.79. The molecule has 0 aliphatic carbocycles. The average Bonchev–Trinajstić information content (AvgIpc) is 2.16. The second-order valence-corrected chi connectivity index (χ2v) is 5.00. The van der Waals surface area contributed by atoms with Crippen molar-refractivity contribution < 1.29 is 5.11 Å². The molecule has 2 heteroatoms. The van der Waals surface area contributed by atoms with Crippen molar-refractivity contribution in [1.82, 2.24) is 4.90 Å². The zero-order chi connectivity index (χ0) is 12.1. The van der Waals surface area contributed by atoms with Crippen LogP contribution in [0.15, 0.2) is 24.3 Å². The molecule has 1 atom stereocenters. The SMILES string of the molecule is Cc1cccc(CN(C)CC(O)C(C)C)c1. The van der Waals surface area contributed by atoms with E-state index in [2.05, 4.69) is 36.1 Å². The van der Waals surface area contributed by atoms with E-state index >= 15 is 0 Å². The van der Waals surface area contributed by atoms with E-state index in [0.717, 1.165) is 13.1 Å². The Labute approximate surface area is 98.9 Å². The van der Waals surface area contributed by atoms with Gasteiger partial charge in [0.1, 0.15) is 0 Å². The molecule has 0 amide bonds. The average molecular weight is 221 g/mol. The van der Waals surface area contributed by atoms with Gasteiger partial charge in [-0.3, -0.25) is 4.90 Å². The van der Waals surface area contributed by atoms with Crippen molar-refractivity contribution in [3.63, 3.8) is 0 Å². The molecule has 0 aliphatic heterocycles. The fourth-order valence-corrected chi connectivity index (χ4v) is 1.72. The molecule has 1 N–H and O–H groups in total. The first kappa shape index (κ1) is 13.2. The summed E-state index contributed by atoms with van der Waals surface area (Å²) in [5.74, 6) is 0.319. The van der Waals surface area contributed by atoms with Gasteiger partial charge in [-0.15, -0.1) is 0 Å². The number of benzene rings is 1. The highest BCUT2D eigenvalue weighted by Crippen LogP contribution is 2.08. The van der Waals surface area contributed by atoms with Crippen LogP contribution in [0, 0.1) is 12.8 Å². The standard InChI is InChI=1S/C14H23NO/c1-11(2)14(16)10-15(4)9-13-7-5-6-12(3)8-13/h5-8,11,14,16H,9-10H2,1-4H3. The van der Waals surface area contributed by atoms with Crippen LogP contribution >= 0.6 is 0 Å². The van der Waals surface area contributed by atoms with Crippen LogP contribution in [0.25, 0.3) is 0 Å². The maximum atomic E-state index is 9.79. The number of aryl methyl sites for hydroxylation is 1. The van der Waals surface area contributed by atoms with Crippen LogP contribution in [0.3, 0.4) is 0 Å². The fourth-order valence-electron chi connectivity index (χ4n) is 1.72. The smallest absolute Gasteiger partial charge is 0.0689 e. The highest BCUT2D eigenvalue weighted by molar-refractivity contribution is 5.21. The Morgan fingerprint density at radius 3 is 2.56 bits per heavy atom. The summed E-state index contributed by atoms with van der Waals surface area (Å²) in [4.78, 5) is 2.17. The number of aliphatic hydroxyl groups is 1. The maximum absolute atomic E-state index is 9.79. The summed E-state index contributed by atoms with van der Waals surface area (Å²) in [7, 11) is 2.05. The third kappa shape index (κ3) is 4.33. The van der Waals surface area contributed by atoms with Crippen molar-refractivity contribution >= 4 is 0 Å². The first-order chi connectivity index (χ1) is 7.49. The Morgan fingerprint density at radius 1 is 1.31 bits per heavy atom. The van der Waals surface area contributed by atoms with Gasteiger partial charge in [0, 0.05) is 13.1 Å². The number of nitrogens with zero attached hydrogens (tertiary/aromatic N) is 1. The molecule has 0 spiro atoms. The Morgan fingerprint density at radius 2 is 2.00 bits per heavy atom. The van der Waals surface area contributed by atoms with Gasteiger partial charge >= 0.3 is 0 Å². The minimum absolute atomic E-state index is 0.241. The largest absolute Gasteiger partial charge is 0.392 e. The third-order valence-corrected chi connectivity index (χ3v) is 2.80. The van der Waals surface area contributed by atoms with Crippen LogP contribution in [0.5, 0.6) is 0 Å². The van der Waals surface area contributed by atoms with Crippen molar-refractivity contribution in [2.45, 2.75) is 33.4 Å². The molecule has 0 aliphatic rings. The molecule has 16 heavy (non-hydrogen) atoms. The summed E-state index contributed by atoms with van der Waals surface area (Å²) >= 11 is 0. The zero-order valence-corrected chi connectivity index (χ0v) is 10.8. The summed E-state index contributed by atoms with van der Waals surface area (Å²) < 4.78 is 0. The van der Waals surface area contributed by atoms with Gasteiger partial charge in [-0.1, -0.05) is 43.7 Å². The van der Waals surface area contributed by atoms with Gasteiger partial charge < -0.3 is 5.11 Å². The van der Waals surface area contributed by atoms with Crippen LogP contribution in [0.4, 0.5) is 0 Å². The summed E-state index contributed by atoms with van der Waals surface area (Å²) in [6.07, 6.45) is -0.241. The molecule has 90 valence electrons. The lowest BCUT2D eigenvalue weighted by atomic mass is 10.1. The predicted octanol–water partition coefficient (Wildman–Crippen LogP) is 2.44. The second-order valence-electron chi connectivity index (χ2n) is 5.00. The fraction of sp³-hybridized carbons (Fsp3) is 0.571. The highest BCUT2D eigenvalue weighted by atomic mass is 16.3. The van der Waals surface area contributed by atoms with Gasteiger partial charge in [-0.2, -0.15) is 0 Å². The van der Waals surface area contributed by atoms with Crippen LogP contribution in [0.2, 0.25) is 0 Å². The van der Waals surface area contributed by atoms with E-state index < -0.39 is 0 Å². The van der Waals surface area contributed by atoms with Gasteiger partial charge in [0.2, 0.25) is 0 Å². The van der Waals surface area contributed by atoms with Gasteiger partial charge in [0.15, 0.2) is 0 Å². The molecule has 1 unspecified atom stereocenters. The molecule has 1 rings (SSSR count). The molecule has 2 nitrogen and oxygen atoms in total. The van der Waals surface area contributed by atoms with Crippen LogP contribution in [0.1, 0.15) is 25.0 Å². The molecule has 0 aromatic heterocycles. The normalized spacial score (nSPS) is 13.4. The lowest BCUT2D eigenvalue weighted by molar-refractivity contribution is 0.0838. The number of likely N-dealkylation sites (N-methyl/N-ethyl adjacent to an activating group) is 1. The van der Waals surface area contributed by atoms with Crippen LogP contribution in [-0.4, -0.2) is 29.7 Å². The van der Waals surface area contributed by atoms with Crippen LogP contribution in [-0.2, 0) is 6.54 Å². The zero-order valence-electron chi connectivity index (χ0n) is 10.8. The monoisotopic (exact) mass is 221 g/mol. The van der Waals surface area contributed by atoms with Gasteiger partial charge in [-0.05, 0) is 25.5 Å². The summed E-state index contributed by atoms with van der Waals surface area (Å²) in [6.45, 7) is 7.82. The Kier molecular flexibility index (Phi) is 4.97. The van der Waals surface area contributed by atoms with Crippen molar-refractivity contribution in [1.29, 1.82) is 0 Å². The lowest BCUT2D eigenvalue weighted by Gasteiger charge is -2.22. The molecular formula is C14H23NO. The van der Waals surface area contributed by atoms with E-state index in [1.165, 1.54) is 11.1 Å². The molecule has 0 bridgehead atoms. The van der Waals surface area contributed by atoms with Crippen molar-refractivity contribution in [3.05, 3.63) is 35.4 Å². The Hall–Kier alpha value is -0.860. The van der Waals surface area contributed by atoms with Crippen LogP contribution < -0.4 is 0 Å². The van der Waals surface area contributed by atoms with E-state index in [9.17, 15) is 5.11 Å². The minimum Gasteiger partial charge on any atom is -0.392 e. The van der Waals surface area contributed by atoms with E-state index in [0.29, 0.717) is 5.92 Å². The molecule has 0 heterocycles. The molecule has 0 saturated heterocycles. The van der Waals surface area contributed by atoms with Crippen molar-refractivity contribution in [2.75, 3.05) is 13.6 Å². The first-order valence-corrected chi connectivity index (χ1v) is 5.91. The summed E-state index contributed by atoms with van der Waals surface area (Å²) in [5.41, 5.74) is 2.59. The highest BCUT2D eigenvalue weighted by Gasteiger charge is 2.12. The van der Waals surface area contributed by atoms with Gasteiger partial charge in [0.25, 0.3) is 0 Å². The number of rotatable bonds is 5. The Bertz CT molecular complexity index is 322. The molecule has 1 aromatic rings. The quantitative estimate of drug-likeness (QED) is 0.825. The number of aliphatic hydroxyl groups excluding tert-OH is 1. The first-order valence-electron chi connectivity index (χ1n) is 5.91. The molecule has 0 fully saturated rings. The Balaban J connectivity index is 2.48. The third-order valence-electron chi connectivity index (χ3n) is 2.80. The van der Waals surface area contributed by atoms with Crippen molar-refractivity contribution in [2.24, 2.45) is 5.92 Å². The number of hydrogen-bond donors (Lipinski definition) is 1. The number of hydrogen-bond acceptors (Lipinski definition) is 2. The second kappa shape index (κ2) is 6.02. The summed E-state index contributed by atoms with van der Waals surface area (Å²) in [6, 6.07) is 8.51. The van der Waals surface area contributed by atoms with E-state index in [1.807, 2.05) is 20.9 Å². The minimum atomic E-state index is -0.241. The van der Waals surface area contributed by atoms with Crippen molar-refractivity contribution in [3.8, 4) is 0 Å². The molecule has 0 saturated carbocycles. The molecule has 0 radical (unpaired) electrons. The van der Waals surface area contributed by atoms with Gasteiger partial charge in [0.05, 0.1) is 6.10 Å². The molecule has 1 aromatic carbocycles. The predicted molar refractivity (Wildman–Crippen MR) is 68.4 cm³/mol. The van der Waals surface area contributed by atoms with E-state index in [1.54, 1.807) is 0 Å². The van der Waals surface area contributed by atoms with E-state index in [4.69, 9.17) is 0 Å². The van der Waals surface area contributed by atoms with Gasteiger partial charge in [-0.25, -0.2) is 0 Å².